The average Bonchev–Trinajstić information content (AvgIpc) is 2.50. The van der Waals surface area contributed by atoms with Gasteiger partial charge in [-0.3, -0.25) is 4.98 Å². The molecule has 2 rings (SSSR count). The van der Waals surface area contributed by atoms with Crippen LogP contribution in [0, 0.1) is 17.0 Å². The van der Waals surface area contributed by atoms with Gasteiger partial charge in [0, 0.05) is 25.6 Å². The predicted octanol–water partition coefficient (Wildman–Crippen LogP) is 4.84. The van der Waals surface area contributed by atoms with Crippen LogP contribution in [-0.2, 0) is 4.74 Å². The van der Waals surface area contributed by atoms with Gasteiger partial charge in [0.25, 0.3) is 0 Å². The summed E-state index contributed by atoms with van der Waals surface area (Å²) < 4.78 is 38.4. The fraction of sp³-hybridized carbons (Fsp3) is 0.316. The van der Waals surface area contributed by atoms with Gasteiger partial charge in [-0.2, -0.15) is 0 Å². The van der Waals surface area contributed by atoms with Crippen LogP contribution >= 0.6 is 0 Å². The molecule has 24 heavy (non-hydrogen) atoms. The summed E-state index contributed by atoms with van der Waals surface area (Å²) in [5.74, 6) is -1.06. The molecule has 1 heterocycles. The lowest BCUT2D eigenvalue weighted by molar-refractivity contribution is 0.0202. The minimum Gasteiger partial charge on any atom is -0.456 e. The quantitative estimate of drug-likeness (QED) is 0.734. The summed E-state index contributed by atoms with van der Waals surface area (Å²) in [6, 6.07) is 6.85. The Kier molecular flexibility index (Phi) is 5.67. The van der Waals surface area contributed by atoms with Crippen LogP contribution in [0.25, 0.3) is 6.08 Å². The maximum absolute atomic E-state index is 14.0. The van der Waals surface area contributed by atoms with Gasteiger partial charge in [-0.05, 0) is 35.3 Å². The van der Waals surface area contributed by atoms with Crippen LogP contribution in [0.5, 0.6) is 5.75 Å². The number of halogens is 2. The first-order chi connectivity index (χ1) is 11.3. The van der Waals surface area contributed by atoms with Crippen molar-refractivity contribution >= 4 is 6.08 Å². The largest absolute Gasteiger partial charge is 0.456 e. The Morgan fingerprint density at radius 3 is 2.50 bits per heavy atom. The van der Waals surface area contributed by atoms with Gasteiger partial charge in [0.05, 0.1) is 0 Å². The lowest BCUT2D eigenvalue weighted by Crippen LogP contribution is -2.32. The van der Waals surface area contributed by atoms with E-state index in [1.165, 1.54) is 6.07 Å². The number of aromatic nitrogens is 1. The second kappa shape index (κ2) is 7.53. The molecule has 128 valence electrons. The number of rotatable bonds is 5. The van der Waals surface area contributed by atoms with Gasteiger partial charge in [0.15, 0.2) is 11.6 Å². The topological polar surface area (TPSA) is 31.4 Å². The first kappa shape index (κ1) is 18.1. The SMILES string of the molecule is COC(C(=Cc1cccnc1)Oc1ccc(F)cc1F)C(C)(C)C. The normalized spacial score (nSPS) is 13.7. The number of hydrogen-bond donors (Lipinski definition) is 0. The summed E-state index contributed by atoms with van der Waals surface area (Å²) in [4.78, 5) is 4.06. The average molecular weight is 333 g/mol. The molecule has 0 aliphatic rings. The van der Waals surface area contributed by atoms with Crippen molar-refractivity contribution in [3.63, 3.8) is 0 Å². The third kappa shape index (κ3) is 4.61. The fourth-order valence-electron chi connectivity index (χ4n) is 2.37. The maximum atomic E-state index is 14.0. The van der Waals surface area contributed by atoms with Crippen molar-refractivity contribution in [1.29, 1.82) is 0 Å². The van der Waals surface area contributed by atoms with Crippen LogP contribution in [-0.4, -0.2) is 18.2 Å². The maximum Gasteiger partial charge on any atom is 0.168 e. The van der Waals surface area contributed by atoms with Gasteiger partial charge >= 0.3 is 0 Å². The fourth-order valence-corrected chi connectivity index (χ4v) is 2.37. The molecule has 1 atom stereocenters. The minimum atomic E-state index is -0.768. The second-order valence-corrected chi connectivity index (χ2v) is 6.49. The van der Waals surface area contributed by atoms with E-state index in [-0.39, 0.29) is 11.2 Å². The van der Waals surface area contributed by atoms with Crippen molar-refractivity contribution in [3.05, 3.63) is 65.7 Å². The van der Waals surface area contributed by atoms with Crippen molar-refractivity contribution in [2.45, 2.75) is 26.9 Å². The number of nitrogens with zero attached hydrogens (tertiary/aromatic N) is 1. The van der Waals surface area contributed by atoms with E-state index in [4.69, 9.17) is 9.47 Å². The van der Waals surface area contributed by atoms with E-state index >= 15 is 0 Å². The molecule has 0 aliphatic carbocycles. The zero-order valence-electron chi connectivity index (χ0n) is 14.2. The van der Waals surface area contributed by atoms with Gasteiger partial charge in [-0.15, -0.1) is 0 Å². The van der Waals surface area contributed by atoms with Crippen molar-refractivity contribution in [1.82, 2.24) is 4.98 Å². The molecule has 5 heteroatoms. The molecule has 0 amide bonds. The van der Waals surface area contributed by atoms with Gasteiger partial charge in [-0.1, -0.05) is 26.8 Å². The summed E-state index contributed by atoms with van der Waals surface area (Å²) in [5, 5.41) is 0. The van der Waals surface area contributed by atoms with Crippen molar-refractivity contribution < 1.29 is 18.3 Å². The number of pyridine rings is 1. The highest BCUT2D eigenvalue weighted by atomic mass is 19.1. The predicted molar refractivity (Wildman–Crippen MR) is 89.5 cm³/mol. The Bertz CT molecular complexity index is 709. The Labute approximate surface area is 140 Å². The van der Waals surface area contributed by atoms with Gasteiger partial charge in [0.2, 0.25) is 0 Å². The van der Waals surface area contributed by atoms with Crippen molar-refractivity contribution in [2.75, 3.05) is 7.11 Å². The summed E-state index contributed by atoms with van der Waals surface area (Å²) in [7, 11) is 1.57. The lowest BCUT2D eigenvalue weighted by atomic mass is 9.87. The number of methoxy groups -OCH3 is 1. The zero-order chi connectivity index (χ0) is 17.7. The summed E-state index contributed by atoms with van der Waals surface area (Å²) >= 11 is 0. The molecule has 0 saturated heterocycles. The van der Waals surface area contributed by atoms with E-state index in [9.17, 15) is 8.78 Å². The first-order valence-corrected chi connectivity index (χ1v) is 7.58. The second-order valence-electron chi connectivity index (χ2n) is 6.49. The van der Waals surface area contributed by atoms with Crippen molar-refractivity contribution in [2.24, 2.45) is 5.41 Å². The van der Waals surface area contributed by atoms with Crippen LogP contribution in [0.15, 0.2) is 48.5 Å². The standard InChI is InChI=1S/C19H21F2NO2/c1-19(2,3)18(23-4)17(10-13-6-5-9-22-12-13)24-16-8-7-14(20)11-15(16)21/h5-12,18H,1-4H3. The molecule has 0 fully saturated rings. The molecule has 1 unspecified atom stereocenters. The van der Waals surface area contributed by atoms with Crippen LogP contribution in [0.2, 0.25) is 0 Å². The number of benzene rings is 1. The van der Waals surface area contributed by atoms with E-state index in [0.29, 0.717) is 5.76 Å². The van der Waals surface area contributed by atoms with Crippen LogP contribution in [0.1, 0.15) is 26.3 Å². The molecular formula is C19H21F2NO2. The molecule has 0 N–H and O–H groups in total. The smallest absolute Gasteiger partial charge is 0.168 e. The summed E-state index contributed by atoms with van der Waals surface area (Å²) in [6.45, 7) is 5.97. The van der Waals surface area contributed by atoms with Crippen LogP contribution in [0.4, 0.5) is 8.78 Å². The third-order valence-electron chi connectivity index (χ3n) is 3.40. The summed E-state index contributed by atoms with van der Waals surface area (Å²) in [5.41, 5.74) is 0.501. The highest BCUT2D eigenvalue weighted by molar-refractivity contribution is 5.52. The number of ether oxygens (including phenoxy) is 2. The molecule has 2 aromatic rings. The third-order valence-corrected chi connectivity index (χ3v) is 3.40. The van der Waals surface area contributed by atoms with Crippen LogP contribution in [0.3, 0.4) is 0 Å². The highest BCUT2D eigenvalue weighted by Gasteiger charge is 2.30. The molecule has 1 aromatic carbocycles. The Hall–Kier alpha value is -2.27. The molecule has 0 bridgehead atoms. The zero-order valence-corrected chi connectivity index (χ0v) is 14.2. The molecule has 0 saturated carbocycles. The lowest BCUT2D eigenvalue weighted by Gasteiger charge is -2.31. The van der Waals surface area contributed by atoms with E-state index < -0.39 is 17.7 Å². The molecule has 0 aliphatic heterocycles. The molecule has 0 radical (unpaired) electrons. The van der Waals surface area contributed by atoms with E-state index in [0.717, 1.165) is 17.7 Å². The Balaban J connectivity index is 2.44. The Morgan fingerprint density at radius 2 is 1.96 bits per heavy atom. The minimum absolute atomic E-state index is 0.0576. The van der Waals surface area contributed by atoms with E-state index in [1.54, 1.807) is 31.6 Å². The Morgan fingerprint density at radius 1 is 1.21 bits per heavy atom. The monoisotopic (exact) mass is 333 g/mol. The van der Waals surface area contributed by atoms with Gasteiger partial charge in [-0.25, -0.2) is 8.78 Å². The molecular weight excluding hydrogens is 312 g/mol. The molecule has 1 aromatic heterocycles. The first-order valence-electron chi connectivity index (χ1n) is 7.58. The molecule has 0 spiro atoms. The summed E-state index contributed by atoms with van der Waals surface area (Å²) in [6.07, 6.45) is 4.64. The van der Waals surface area contributed by atoms with Gasteiger partial charge < -0.3 is 9.47 Å². The van der Waals surface area contributed by atoms with E-state index in [1.807, 2.05) is 26.8 Å². The van der Waals surface area contributed by atoms with E-state index in [2.05, 4.69) is 4.98 Å². The number of hydrogen-bond acceptors (Lipinski definition) is 3. The molecule has 3 nitrogen and oxygen atoms in total. The van der Waals surface area contributed by atoms with Crippen LogP contribution < -0.4 is 4.74 Å². The van der Waals surface area contributed by atoms with Gasteiger partial charge in [0.1, 0.15) is 17.7 Å². The van der Waals surface area contributed by atoms with Crippen molar-refractivity contribution in [3.8, 4) is 5.75 Å². The highest BCUT2D eigenvalue weighted by Crippen LogP contribution is 2.31.